The van der Waals surface area contributed by atoms with E-state index in [0.717, 1.165) is 12.8 Å². The second-order valence-corrected chi connectivity index (χ2v) is 6.82. The predicted octanol–water partition coefficient (Wildman–Crippen LogP) is -0.418. The number of sulfone groups is 1. The molecule has 0 atom stereocenters. The van der Waals surface area contributed by atoms with E-state index in [1.165, 1.54) is 0 Å². The third-order valence-corrected chi connectivity index (χ3v) is 4.88. The topological polar surface area (TPSA) is 74.7 Å². The highest BCUT2D eigenvalue weighted by molar-refractivity contribution is 7.91. The average molecular weight is 233 g/mol. The van der Waals surface area contributed by atoms with Crippen LogP contribution in [0.1, 0.15) is 12.8 Å². The van der Waals surface area contributed by atoms with Crippen LogP contribution in [0.5, 0.6) is 0 Å². The van der Waals surface area contributed by atoms with Gasteiger partial charge in [-0.15, -0.1) is 0 Å². The first-order valence-electron chi connectivity index (χ1n) is 5.10. The van der Waals surface area contributed by atoms with Crippen molar-refractivity contribution in [1.29, 1.82) is 0 Å². The van der Waals surface area contributed by atoms with Gasteiger partial charge in [-0.2, -0.15) is 0 Å². The molecule has 1 heterocycles. The summed E-state index contributed by atoms with van der Waals surface area (Å²) in [4.78, 5) is 12.9. The molecule has 1 saturated carbocycles. The third kappa shape index (κ3) is 2.31. The number of rotatable bonds is 3. The van der Waals surface area contributed by atoms with E-state index >= 15 is 0 Å². The molecule has 2 rings (SSSR count). The normalized spacial score (nSPS) is 28.5. The molecule has 1 N–H and O–H groups in total. The monoisotopic (exact) mass is 233 g/mol. The number of carbonyl (C=O) groups is 1. The third-order valence-electron chi connectivity index (χ3n) is 3.27. The molecule has 0 radical (unpaired) electrons. The molecule has 0 spiro atoms. The van der Waals surface area contributed by atoms with E-state index in [-0.39, 0.29) is 11.5 Å². The molecule has 1 aliphatic heterocycles. The fourth-order valence-electron chi connectivity index (χ4n) is 1.93. The number of aliphatic carboxylic acids is 1. The van der Waals surface area contributed by atoms with Crippen molar-refractivity contribution in [3.8, 4) is 0 Å². The largest absolute Gasteiger partial charge is 0.481 e. The fourth-order valence-corrected chi connectivity index (χ4v) is 3.20. The first-order valence-corrected chi connectivity index (χ1v) is 6.92. The zero-order valence-electron chi connectivity index (χ0n) is 8.48. The second-order valence-electron chi connectivity index (χ2n) is 4.51. The number of hydrogen-bond acceptors (Lipinski definition) is 4. The molecular weight excluding hydrogens is 218 g/mol. The molecule has 0 amide bonds. The highest BCUT2D eigenvalue weighted by Gasteiger charge is 2.51. The maximum Gasteiger partial charge on any atom is 0.310 e. The van der Waals surface area contributed by atoms with Gasteiger partial charge in [0.05, 0.1) is 16.9 Å². The quantitative estimate of drug-likeness (QED) is 0.716. The van der Waals surface area contributed by atoms with E-state index < -0.39 is 21.2 Å². The van der Waals surface area contributed by atoms with Gasteiger partial charge >= 0.3 is 5.97 Å². The molecule has 0 aromatic heterocycles. The summed E-state index contributed by atoms with van der Waals surface area (Å²) < 4.78 is 22.3. The zero-order valence-corrected chi connectivity index (χ0v) is 9.29. The van der Waals surface area contributed by atoms with E-state index in [1.54, 1.807) is 0 Å². The molecule has 1 saturated heterocycles. The minimum Gasteiger partial charge on any atom is -0.481 e. The number of nitrogens with zero attached hydrogens (tertiary/aromatic N) is 1. The van der Waals surface area contributed by atoms with Crippen molar-refractivity contribution in [3.63, 3.8) is 0 Å². The van der Waals surface area contributed by atoms with Gasteiger partial charge in [0, 0.05) is 19.6 Å². The summed E-state index contributed by atoms with van der Waals surface area (Å²) in [5.74, 6) is -0.401. The highest BCUT2D eigenvalue weighted by atomic mass is 32.2. The Morgan fingerprint density at radius 3 is 2.20 bits per heavy atom. The lowest BCUT2D eigenvalue weighted by Gasteiger charge is -2.28. The average Bonchev–Trinajstić information content (AvgIpc) is 2.90. The molecule has 15 heavy (non-hydrogen) atoms. The van der Waals surface area contributed by atoms with E-state index in [0.29, 0.717) is 19.6 Å². The van der Waals surface area contributed by atoms with Crippen LogP contribution in [0.15, 0.2) is 0 Å². The van der Waals surface area contributed by atoms with Crippen LogP contribution in [0, 0.1) is 5.41 Å². The molecule has 0 unspecified atom stereocenters. The summed E-state index contributed by atoms with van der Waals surface area (Å²) in [7, 11) is -2.86. The zero-order chi connectivity index (χ0) is 11.1. The minimum absolute atomic E-state index is 0.169. The van der Waals surface area contributed by atoms with Gasteiger partial charge in [-0.05, 0) is 12.8 Å². The molecule has 86 valence electrons. The number of carboxylic acids is 1. The van der Waals surface area contributed by atoms with Crippen LogP contribution in [0.4, 0.5) is 0 Å². The lowest BCUT2D eigenvalue weighted by Crippen LogP contribution is -2.44. The highest BCUT2D eigenvalue weighted by Crippen LogP contribution is 2.46. The van der Waals surface area contributed by atoms with Crippen molar-refractivity contribution in [1.82, 2.24) is 4.90 Å². The summed E-state index contributed by atoms with van der Waals surface area (Å²) in [5, 5.41) is 8.99. The lowest BCUT2D eigenvalue weighted by atomic mass is 10.1. The van der Waals surface area contributed by atoms with Crippen molar-refractivity contribution in [3.05, 3.63) is 0 Å². The van der Waals surface area contributed by atoms with Gasteiger partial charge in [0.1, 0.15) is 0 Å². The molecular formula is C9H15NO4S. The van der Waals surface area contributed by atoms with Crippen molar-refractivity contribution >= 4 is 15.8 Å². The second kappa shape index (κ2) is 3.45. The van der Waals surface area contributed by atoms with Crippen molar-refractivity contribution in [2.75, 3.05) is 31.1 Å². The van der Waals surface area contributed by atoms with Gasteiger partial charge in [0.15, 0.2) is 9.84 Å². The summed E-state index contributed by atoms with van der Waals surface area (Å²) in [5.41, 5.74) is -0.568. The molecule has 2 fully saturated rings. The minimum atomic E-state index is -2.86. The first-order chi connectivity index (χ1) is 6.94. The smallest absolute Gasteiger partial charge is 0.310 e. The van der Waals surface area contributed by atoms with Crippen molar-refractivity contribution in [2.24, 2.45) is 5.41 Å². The molecule has 5 nitrogen and oxygen atoms in total. The Bertz CT molecular complexity index is 358. The lowest BCUT2D eigenvalue weighted by molar-refractivity contribution is -0.144. The van der Waals surface area contributed by atoms with E-state index in [4.69, 9.17) is 5.11 Å². The molecule has 2 aliphatic rings. The first kappa shape index (κ1) is 10.9. The maximum absolute atomic E-state index is 11.2. The Morgan fingerprint density at radius 1 is 1.27 bits per heavy atom. The number of hydrogen-bond donors (Lipinski definition) is 1. The summed E-state index contributed by atoms with van der Waals surface area (Å²) in [6, 6.07) is 0. The van der Waals surface area contributed by atoms with Crippen LogP contribution < -0.4 is 0 Å². The molecule has 0 aromatic rings. The fraction of sp³-hybridized carbons (Fsp3) is 0.889. The number of carboxylic acid groups (broad SMARTS) is 1. The van der Waals surface area contributed by atoms with Crippen LogP contribution >= 0.6 is 0 Å². The Balaban J connectivity index is 1.90. The standard InChI is InChI=1S/C9H15NO4S/c11-8(12)9(1-2-9)7-10-3-5-15(13,14)6-4-10/h1-7H2,(H,11,12). The van der Waals surface area contributed by atoms with Crippen LogP contribution in [0.2, 0.25) is 0 Å². The van der Waals surface area contributed by atoms with E-state index in [2.05, 4.69) is 0 Å². The Morgan fingerprint density at radius 2 is 1.80 bits per heavy atom. The summed E-state index contributed by atoms with van der Waals surface area (Å²) in [6.45, 7) is 1.48. The van der Waals surface area contributed by atoms with E-state index in [9.17, 15) is 13.2 Å². The molecule has 6 heteroatoms. The van der Waals surface area contributed by atoms with Gasteiger partial charge in [-0.25, -0.2) is 8.42 Å². The summed E-state index contributed by atoms with van der Waals surface area (Å²) >= 11 is 0. The van der Waals surface area contributed by atoms with Gasteiger partial charge in [-0.3, -0.25) is 4.79 Å². The molecule has 0 aromatic carbocycles. The van der Waals surface area contributed by atoms with Crippen LogP contribution in [0.3, 0.4) is 0 Å². The van der Waals surface area contributed by atoms with E-state index in [1.807, 2.05) is 4.90 Å². The Hall–Kier alpha value is -0.620. The van der Waals surface area contributed by atoms with Gasteiger partial charge < -0.3 is 10.0 Å². The Kier molecular flexibility index (Phi) is 2.50. The van der Waals surface area contributed by atoms with Crippen LogP contribution in [-0.2, 0) is 14.6 Å². The molecule has 1 aliphatic carbocycles. The Labute approximate surface area is 89.0 Å². The van der Waals surface area contributed by atoms with Crippen molar-refractivity contribution in [2.45, 2.75) is 12.8 Å². The SMILES string of the molecule is O=C(O)C1(CN2CCS(=O)(=O)CC2)CC1. The predicted molar refractivity (Wildman–Crippen MR) is 54.4 cm³/mol. The van der Waals surface area contributed by atoms with Crippen LogP contribution in [-0.4, -0.2) is 55.5 Å². The summed E-state index contributed by atoms with van der Waals surface area (Å²) in [6.07, 6.45) is 1.46. The van der Waals surface area contributed by atoms with Gasteiger partial charge in [0.2, 0.25) is 0 Å². The van der Waals surface area contributed by atoms with Gasteiger partial charge in [-0.1, -0.05) is 0 Å². The molecule has 0 bridgehead atoms. The van der Waals surface area contributed by atoms with Gasteiger partial charge in [0.25, 0.3) is 0 Å². The van der Waals surface area contributed by atoms with Crippen molar-refractivity contribution < 1.29 is 18.3 Å². The maximum atomic E-state index is 11.2. The van der Waals surface area contributed by atoms with Crippen LogP contribution in [0.25, 0.3) is 0 Å².